The van der Waals surface area contributed by atoms with Crippen molar-refractivity contribution in [1.29, 1.82) is 0 Å². The normalized spacial score (nSPS) is 13.7. The third-order valence-electron chi connectivity index (χ3n) is 5.55. The van der Waals surface area contributed by atoms with E-state index < -0.39 is 10.0 Å². The second kappa shape index (κ2) is 8.18. The van der Waals surface area contributed by atoms with Gasteiger partial charge in [0.2, 0.25) is 10.0 Å². The van der Waals surface area contributed by atoms with Gasteiger partial charge in [-0.1, -0.05) is 19.9 Å². The SMILES string of the molecule is CCN(CC)S(=O)(=O)c1cccc(NC(=O)c2sc3nc4n(c(=O)c3c2C)CCC4)c1. The number of carbonyl (C=O) groups excluding carboxylic acids is 1. The Balaban J connectivity index is 1.67. The summed E-state index contributed by atoms with van der Waals surface area (Å²) in [4.78, 5) is 31.5. The molecule has 0 radical (unpaired) electrons. The highest BCUT2D eigenvalue weighted by Gasteiger charge is 2.25. The number of aromatic nitrogens is 2. The number of rotatable bonds is 6. The van der Waals surface area contributed by atoms with Gasteiger partial charge in [0.15, 0.2) is 0 Å². The van der Waals surface area contributed by atoms with Crippen molar-refractivity contribution in [1.82, 2.24) is 13.9 Å². The predicted molar refractivity (Wildman–Crippen MR) is 121 cm³/mol. The molecule has 2 aromatic heterocycles. The highest BCUT2D eigenvalue weighted by Crippen LogP contribution is 2.29. The molecular formula is C21H24N4O4S2. The van der Waals surface area contributed by atoms with Gasteiger partial charge in [0, 0.05) is 31.7 Å². The van der Waals surface area contributed by atoms with Gasteiger partial charge in [-0.05, 0) is 37.1 Å². The largest absolute Gasteiger partial charge is 0.321 e. The van der Waals surface area contributed by atoms with Crippen LogP contribution < -0.4 is 10.9 Å². The first-order valence-corrected chi connectivity index (χ1v) is 12.5. The maximum absolute atomic E-state index is 13.0. The summed E-state index contributed by atoms with van der Waals surface area (Å²) in [5.74, 6) is 0.377. The molecule has 0 fully saturated rings. The molecule has 1 aliphatic rings. The molecule has 0 aliphatic carbocycles. The standard InChI is InChI=1S/C21H24N4O4S2/c1-4-24(5-2)31(28,29)15-9-6-8-14(12-15)22-19(26)18-13(3)17-20(30-18)23-16-10-7-11-25(16)21(17)27/h6,8-9,12H,4-5,7,10-11H2,1-3H3,(H,22,26). The zero-order valence-electron chi connectivity index (χ0n) is 17.6. The van der Waals surface area contributed by atoms with Crippen LogP contribution in [-0.4, -0.2) is 41.3 Å². The van der Waals surface area contributed by atoms with Crippen molar-refractivity contribution in [3.63, 3.8) is 0 Å². The predicted octanol–water partition coefficient (Wildman–Crippen LogP) is 3.00. The fraction of sp³-hybridized carbons (Fsp3) is 0.381. The van der Waals surface area contributed by atoms with Crippen LogP contribution >= 0.6 is 11.3 Å². The summed E-state index contributed by atoms with van der Waals surface area (Å²) in [6.07, 6.45) is 1.66. The van der Waals surface area contributed by atoms with E-state index in [2.05, 4.69) is 10.3 Å². The van der Waals surface area contributed by atoms with E-state index in [1.54, 1.807) is 37.5 Å². The molecule has 0 saturated heterocycles. The zero-order chi connectivity index (χ0) is 22.3. The number of thiophene rings is 1. The second-order valence-electron chi connectivity index (χ2n) is 7.40. The molecule has 1 aliphatic heterocycles. The Labute approximate surface area is 184 Å². The van der Waals surface area contributed by atoms with Crippen LogP contribution in [-0.2, 0) is 23.0 Å². The molecule has 1 aromatic carbocycles. The molecule has 31 heavy (non-hydrogen) atoms. The van der Waals surface area contributed by atoms with Crippen LogP contribution in [0.25, 0.3) is 10.2 Å². The summed E-state index contributed by atoms with van der Waals surface area (Å²) in [7, 11) is -3.63. The average molecular weight is 461 g/mol. The van der Waals surface area contributed by atoms with Gasteiger partial charge in [0.25, 0.3) is 11.5 Å². The molecule has 3 heterocycles. The molecule has 0 bridgehead atoms. The molecule has 10 heteroatoms. The van der Waals surface area contributed by atoms with Crippen molar-refractivity contribution in [2.24, 2.45) is 0 Å². The number of nitrogens with zero attached hydrogens (tertiary/aromatic N) is 3. The van der Waals surface area contributed by atoms with Crippen LogP contribution in [0.4, 0.5) is 5.69 Å². The number of benzene rings is 1. The van der Waals surface area contributed by atoms with Gasteiger partial charge in [-0.2, -0.15) is 4.31 Å². The number of nitrogens with one attached hydrogen (secondary N) is 1. The molecule has 0 unspecified atom stereocenters. The van der Waals surface area contributed by atoms with Crippen LogP contribution in [0.3, 0.4) is 0 Å². The summed E-state index contributed by atoms with van der Waals surface area (Å²) in [6.45, 7) is 6.69. The summed E-state index contributed by atoms with van der Waals surface area (Å²) in [5.41, 5.74) is 0.879. The summed E-state index contributed by atoms with van der Waals surface area (Å²) >= 11 is 1.19. The first-order chi connectivity index (χ1) is 14.8. The molecular weight excluding hydrogens is 436 g/mol. The number of fused-ring (bicyclic) bond motifs is 2. The van der Waals surface area contributed by atoms with Crippen LogP contribution in [0.2, 0.25) is 0 Å². The van der Waals surface area contributed by atoms with Crippen LogP contribution in [0.1, 0.15) is 41.3 Å². The van der Waals surface area contributed by atoms with Gasteiger partial charge >= 0.3 is 0 Å². The van der Waals surface area contributed by atoms with Gasteiger partial charge < -0.3 is 5.32 Å². The van der Waals surface area contributed by atoms with E-state index in [1.165, 1.54) is 27.8 Å². The van der Waals surface area contributed by atoms with E-state index in [4.69, 9.17) is 0 Å². The van der Waals surface area contributed by atoms with Crippen molar-refractivity contribution < 1.29 is 13.2 Å². The number of hydrogen-bond donors (Lipinski definition) is 1. The maximum Gasteiger partial charge on any atom is 0.266 e. The highest BCUT2D eigenvalue weighted by atomic mass is 32.2. The topological polar surface area (TPSA) is 101 Å². The van der Waals surface area contributed by atoms with Crippen LogP contribution in [0, 0.1) is 6.92 Å². The Hall–Kier alpha value is -2.56. The summed E-state index contributed by atoms with van der Waals surface area (Å²) in [5, 5.41) is 3.26. The molecule has 8 nitrogen and oxygen atoms in total. The van der Waals surface area contributed by atoms with E-state index in [1.807, 2.05) is 0 Å². The van der Waals surface area contributed by atoms with Crippen molar-refractivity contribution in [2.75, 3.05) is 18.4 Å². The number of anilines is 1. The minimum atomic E-state index is -3.63. The number of amides is 1. The number of aryl methyl sites for hydroxylation is 2. The van der Waals surface area contributed by atoms with Gasteiger partial charge in [-0.15, -0.1) is 11.3 Å². The van der Waals surface area contributed by atoms with E-state index in [-0.39, 0.29) is 16.4 Å². The minimum Gasteiger partial charge on any atom is -0.321 e. The number of sulfonamides is 1. The second-order valence-corrected chi connectivity index (χ2v) is 10.3. The van der Waals surface area contributed by atoms with Gasteiger partial charge in [-0.25, -0.2) is 13.4 Å². The van der Waals surface area contributed by atoms with Crippen molar-refractivity contribution >= 4 is 43.2 Å². The molecule has 0 saturated carbocycles. The smallest absolute Gasteiger partial charge is 0.266 e. The lowest BCUT2D eigenvalue weighted by molar-refractivity contribution is 0.103. The maximum atomic E-state index is 13.0. The third kappa shape index (κ3) is 3.68. The average Bonchev–Trinajstić information content (AvgIpc) is 3.34. The first-order valence-electron chi connectivity index (χ1n) is 10.2. The molecule has 0 atom stereocenters. The Morgan fingerprint density at radius 1 is 1.29 bits per heavy atom. The Morgan fingerprint density at radius 2 is 2.03 bits per heavy atom. The van der Waals surface area contributed by atoms with E-state index in [9.17, 15) is 18.0 Å². The van der Waals surface area contributed by atoms with E-state index in [0.29, 0.717) is 46.0 Å². The molecule has 0 spiro atoms. The summed E-state index contributed by atoms with van der Waals surface area (Å²) < 4.78 is 28.6. The van der Waals surface area contributed by atoms with Gasteiger partial charge in [0.1, 0.15) is 10.7 Å². The summed E-state index contributed by atoms with van der Waals surface area (Å²) in [6, 6.07) is 6.21. The zero-order valence-corrected chi connectivity index (χ0v) is 19.3. The molecule has 1 N–H and O–H groups in total. The monoisotopic (exact) mass is 460 g/mol. The Bertz CT molecular complexity index is 1340. The van der Waals surface area contributed by atoms with E-state index >= 15 is 0 Å². The lowest BCUT2D eigenvalue weighted by Crippen LogP contribution is -2.30. The fourth-order valence-corrected chi connectivity index (χ4v) is 6.52. The molecule has 164 valence electrons. The van der Waals surface area contributed by atoms with Crippen LogP contribution in [0.15, 0.2) is 34.0 Å². The van der Waals surface area contributed by atoms with Crippen molar-refractivity contribution in [2.45, 2.75) is 45.1 Å². The van der Waals surface area contributed by atoms with Crippen molar-refractivity contribution in [3.8, 4) is 0 Å². The lowest BCUT2D eigenvalue weighted by Gasteiger charge is -2.18. The first kappa shape index (κ1) is 21.7. The Kier molecular flexibility index (Phi) is 5.71. The highest BCUT2D eigenvalue weighted by molar-refractivity contribution is 7.89. The van der Waals surface area contributed by atoms with Crippen LogP contribution in [0.5, 0.6) is 0 Å². The molecule has 3 aromatic rings. The van der Waals surface area contributed by atoms with Gasteiger partial charge in [-0.3, -0.25) is 14.2 Å². The quantitative estimate of drug-likeness (QED) is 0.609. The lowest BCUT2D eigenvalue weighted by atomic mass is 10.2. The number of hydrogen-bond acceptors (Lipinski definition) is 6. The number of carbonyl (C=O) groups is 1. The molecule has 4 rings (SSSR count). The van der Waals surface area contributed by atoms with E-state index in [0.717, 1.165) is 18.7 Å². The fourth-order valence-electron chi connectivity index (χ4n) is 3.93. The van der Waals surface area contributed by atoms with Crippen molar-refractivity contribution in [3.05, 3.63) is 50.9 Å². The molecule has 1 amide bonds. The Morgan fingerprint density at radius 3 is 2.74 bits per heavy atom. The third-order valence-corrected chi connectivity index (χ3v) is 8.78. The van der Waals surface area contributed by atoms with Gasteiger partial charge in [0.05, 0.1) is 15.2 Å². The minimum absolute atomic E-state index is 0.0994.